The van der Waals surface area contributed by atoms with Crippen molar-refractivity contribution in [1.82, 2.24) is 0 Å². The van der Waals surface area contributed by atoms with Gasteiger partial charge in [-0.3, -0.25) is 0 Å². The molecule has 0 radical (unpaired) electrons. The first kappa shape index (κ1) is 12.8. The van der Waals surface area contributed by atoms with Crippen LogP contribution in [0.4, 0.5) is 0 Å². The molecule has 0 spiro atoms. The van der Waals surface area contributed by atoms with E-state index in [1.165, 1.54) is 6.92 Å². The SMILES string of the molecule is CC(CO)[C@@H](O)C(O)C(N)[C@H](C)O. The lowest BCUT2D eigenvalue weighted by Crippen LogP contribution is -2.51. The van der Waals surface area contributed by atoms with Crippen LogP contribution in [0.3, 0.4) is 0 Å². The van der Waals surface area contributed by atoms with Gasteiger partial charge in [0.2, 0.25) is 0 Å². The predicted octanol–water partition coefficient (Wildman–Crippen LogP) is -1.96. The highest BCUT2D eigenvalue weighted by Crippen LogP contribution is 2.10. The Balaban J connectivity index is 4.15. The molecule has 13 heavy (non-hydrogen) atoms. The van der Waals surface area contributed by atoms with E-state index in [4.69, 9.17) is 15.9 Å². The Morgan fingerprint density at radius 1 is 1.08 bits per heavy atom. The first-order valence-electron chi connectivity index (χ1n) is 4.32. The van der Waals surface area contributed by atoms with E-state index >= 15 is 0 Å². The summed E-state index contributed by atoms with van der Waals surface area (Å²) in [5.41, 5.74) is 5.41. The van der Waals surface area contributed by atoms with E-state index < -0.39 is 30.3 Å². The number of hydrogen-bond donors (Lipinski definition) is 5. The van der Waals surface area contributed by atoms with Crippen LogP contribution in [0.2, 0.25) is 0 Å². The van der Waals surface area contributed by atoms with Crippen LogP contribution in [0.25, 0.3) is 0 Å². The van der Waals surface area contributed by atoms with Gasteiger partial charge in [0.05, 0.1) is 24.4 Å². The number of aliphatic hydroxyl groups excluding tert-OH is 4. The second-order valence-corrected chi connectivity index (χ2v) is 3.46. The molecule has 0 rings (SSSR count). The predicted molar refractivity (Wildman–Crippen MR) is 47.9 cm³/mol. The average molecular weight is 193 g/mol. The van der Waals surface area contributed by atoms with E-state index in [0.717, 1.165) is 0 Å². The Morgan fingerprint density at radius 3 is 1.85 bits per heavy atom. The average Bonchev–Trinajstić information content (AvgIpc) is 2.12. The van der Waals surface area contributed by atoms with Crippen LogP contribution in [-0.4, -0.2) is 51.4 Å². The molecule has 0 aliphatic rings. The van der Waals surface area contributed by atoms with Crippen LogP contribution in [0.1, 0.15) is 13.8 Å². The topological polar surface area (TPSA) is 107 Å². The van der Waals surface area contributed by atoms with Crippen LogP contribution >= 0.6 is 0 Å². The maximum Gasteiger partial charge on any atom is 0.0978 e. The van der Waals surface area contributed by atoms with E-state index in [-0.39, 0.29) is 6.61 Å². The van der Waals surface area contributed by atoms with Crippen molar-refractivity contribution in [2.24, 2.45) is 11.7 Å². The molecule has 5 nitrogen and oxygen atoms in total. The molecule has 0 aromatic rings. The third-order valence-electron chi connectivity index (χ3n) is 2.17. The molecule has 0 aromatic heterocycles. The summed E-state index contributed by atoms with van der Waals surface area (Å²) >= 11 is 0. The first-order valence-corrected chi connectivity index (χ1v) is 4.32. The zero-order valence-electron chi connectivity index (χ0n) is 7.96. The maximum absolute atomic E-state index is 9.41. The third-order valence-corrected chi connectivity index (χ3v) is 2.17. The van der Waals surface area contributed by atoms with Gasteiger partial charge in [0.25, 0.3) is 0 Å². The number of hydrogen-bond acceptors (Lipinski definition) is 5. The molecule has 0 saturated heterocycles. The summed E-state index contributed by atoms with van der Waals surface area (Å²) < 4.78 is 0. The minimum absolute atomic E-state index is 0.231. The zero-order chi connectivity index (χ0) is 10.6. The molecule has 0 aliphatic carbocycles. The van der Waals surface area contributed by atoms with Crippen LogP contribution in [-0.2, 0) is 0 Å². The van der Waals surface area contributed by atoms with Crippen LogP contribution < -0.4 is 5.73 Å². The van der Waals surface area contributed by atoms with Crippen molar-refractivity contribution in [2.45, 2.75) is 38.2 Å². The molecule has 0 amide bonds. The molecule has 0 bridgehead atoms. The molecule has 0 aromatic carbocycles. The van der Waals surface area contributed by atoms with Crippen molar-refractivity contribution in [3.05, 3.63) is 0 Å². The molecule has 3 unspecified atom stereocenters. The third kappa shape index (κ3) is 3.58. The molecule has 0 saturated carbocycles. The Kier molecular flexibility index (Phi) is 5.43. The Bertz CT molecular complexity index is 142. The molecule has 0 aliphatic heterocycles. The fourth-order valence-corrected chi connectivity index (χ4v) is 0.958. The molecular weight excluding hydrogens is 174 g/mol. The Hall–Kier alpha value is -0.200. The van der Waals surface area contributed by atoms with Crippen molar-refractivity contribution >= 4 is 0 Å². The molecular formula is C8H19NO4. The molecule has 0 heterocycles. The first-order chi connectivity index (χ1) is 5.91. The number of nitrogens with two attached hydrogens (primary N) is 1. The second-order valence-electron chi connectivity index (χ2n) is 3.46. The number of rotatable bonds is 5. The molecule has 5 heteroatoms. The summed E-state index contributed by atoms with van der Waals surface area (Å²) in [6, 6.07) is -0.899. The maximum atomic E-state index is 9.41. The normalized spacial score (nSPS) is 23.3. The summed E-state index contributed by atoms with van der Waals surface area (Å²) in [5, 5.41) is 36.6. The van der Waals surface area contributed by atoms with Crippen molar-refractivity contribution in [3.8, 4) is 0 Å². The monoisotopic (exact) mass is 193 g/mol. The van der Waals surface area contributed by atoms with Gasteiger partial charge in [-0.15, -0.1) is 0 Å². The summed E-state index contributed by atoms with van der Waals surface area (Å²) in [5.74, 6) is -0.459. The second kappa shape index (κ2) is 5.51. The minimum atomic E-state index is -1.22. The summed E-state index contributed by atoms with van der Waals surface area (Å²) in [4.78, 5) is 0. The largest absolute Gasteiger partial charge is 0.396 e. The molecule has 6 N–H and O–H groups in total. The van der Waals surface area contributed by atoms with Gasteiger partial charge in [0.1, 0.15) is 0 Å². The minimum Gasteiger partial charge on any atom is -0.396 e. The fraction of sp³-hybridized carbons (Fsp3) is 1.00. The lowest BCUT2D eigenvalue weighted by Gasteiger charge is -2.28. The summed E-state index contributed by atoms with van der Waals surface area (Å²) in [6.07, 6.45) is -3.23. The quantitative estimate of drug-likeness (QED) is 0.349. The van der Waals surface area contributed by atoms with Crippen molar-refractivity contribution < 1.29 is 20.4 Å². The van der Waals surface area contributed by atoms with Gasteiger partial charge >= 0.3 is 0 Å². The summed E-state index contributed by atoms with van der Waals surface area (Å²) in [6.45, 7) is 2.79. The lowest BCUT2D eigenvalue weighted by atomic mass is 9.94. The van der Waals surface area contributed by atoms with Gasteiger partial charge in [0, 0.05) is 12.5 Å². The number of aliphatic hydroxyl groups is 4. The zero-order valence-corrected chi connectivity index (χ0v) is 7.96. The van der Waals surface area contributed by atoms with Gasteiger partial charge in [-0.05, 0) is 6.92 Å². The van der Waals surface area contributed by atoms with Crippen molar-refractivity contribution in [3.63, 3.8) is 0 Å². The molecule has 5 atom stereocenters. The van der Waals surface area contributed by atoms with Gasteiger partial charge in [-0.2, -0.15) is 0 Å². The lowest BCUT2D eigenvalue weighted by molar-refractivity contribution is -0.0561. The van der Waals surface area contributed by atoms with Crippen molar-refractivity contribution in [2.75, 3.05) is 6.61 Å². The smallest absolute Gasteiger partial charge is 0.0978 e. The van der Waals surface area contributed by atoms with Gasteiger partial charge in [-0.1, -0.05) is 6.92 Å². The standard InChI is InChI=1S/C8H19NO4/c1-4(3-10)7(12)8(13)6(9)5(2)11/h4-8,10-13H,3,9H2,1-2H3/t4?,5-,6?,7+,8?/m0/s1. The van der Waals surface area contributed by atoms with Gasteiger partial charge in [-0.25, -0.2) is 0 Å². The van der Waals surface area contributed by atoms with Crippen LogP contribution in [0.15, 0.2) is 0 Å². The molecule has 0 fully saturated rings. The van der Waals surface area contributed by atoms with Gasteiger partial charge in [0.15, 0.2) is 0 Å². The van der Waals surface area contributed by atoms with Crippen LogP contribution in [0, 0.1) is 5.92 Å². The highest BCUT2D eigenvalue weighted by Gasteiger charge is 2.29. The molecule has 80 valence electrons. The Morgan fingerprint density at radius 2 is 1.54 bits per heavy atom. The fourth-order valence-electron chi connectivity index (χ4n) is 0.958. The summed E-state index contributed by atoms with van der Waals surface area (Å²) in [7, 11) is 0. The van der Waals surface area contributed by atoms with E-state index in [9.17, 15) is 10.2 Å². The van der Waals surface area contributed by atoms with E-state index in [2.05, 4.69) is 0 Å². The van der Waals surface area contributed by atoms with E-state index in [0.29, 0.717) is 0 Å². The van der Waals surface area contributed by atoms with E-state index in [1.807, 2.05) is 0 Å². The van der Waals surface area contributed by atoms with Crippen LogP contribution in [0.5, 0.6) is 0 Å². The van der Waals surface area contributed by atoms with E-state index in [1.54, 1.807) is 6.92 Å². The highest BCUT2D eigenvalue weighted by atomic mass is 16.3. The van der Waals surface area contributed by atoms with Gasteiger partial charge < -0.3 is 26.2 Å². The Labute approximate surface area is 77.8 Å². The highest BCUT2D eigenvalue weighted by molar-refractivity contribution is 4.84. The van der Waals surface area contributed by atoms with Crippen molar-refractivity contribution in [1.29, 1.82) is 0 Å².